The predicted octanol–water partition coefficient (Wildman–Crippen LogP) is 3.62. The van der Waals surface area contributed by atoms with E-state index in [0.29, 0.717) is 6.04 Å². The molecule has 0 aliphatic carbocycles. The highest BCUT2D eigenvalue weighted by atomic mass is 35.5. The van der Waals surface area contributed by atoms with Gasteiger partial charge >= 0.3 is 0 Å². The number of benzene rings is 1. The van der Waals surface area contributed by atoms with Gasteiger partial charge in [0.15, 0.2) is 5.58 Å². The summed E-state index contributed by atoms with van der Waals surface area (Å²) in [6, 6.07) is 5.02. The van der Waals surface area contributed by atoms with Gasteiger partial charge in [-0.2, -0.15) is 4.98 Å². The Labute approximate surface area is 130 Å². The molecule has 5 heteroatoms. The van der Waals surface area contributed by atoms with Gasteiger partial charge in [-0.15, -0.1) is 0 Å². The predicted molar refractivity (Wildman–Crippen MR) is 87.3 cm³/mol. The molecule has 1 fully saturated rings. The largest absolute Gasteiger partial charge is 0.423 e. The van der Waals surface area contributed by atoms with Crippen LogP contribution in [0.3, 0.4) is 0 Å². The molecule has 1 atom stereocenters. The van der Waals surface area contributed by atoms with Crippen LogP contribution in [0.15, 0.2) is 16.5 Å². The SMILES string of the molecule is CCCCc1cc(Cl)cc2nc(N3CCNC[C@@H]3C)oc12. The number of anilines is 1. The average molecular weight is 308 g/mol. The fourth-order valence-electron chi connectivity index (χ4n) is 2.85. The van der Waals surface area contributed by atoms with E-state index in [0.717, 1.165) is 61.0 Å². The lowest BCUT2D eigenvalue weighted by molar-refractivity contribution is 0.455. The second-order valence-electron chi connectivity index (χ2n) is 5.76. The Bertz CT molecular complexity index is 625. The molecule has 0 saturated carbocycles. The van der Waals surface area contributed by atoms with Gasteiger partial charge in [0.1, 0.15) is 5.52 Å². The standard InChI is InChI=1S/C16H22ClN3O/c1-3-4-5-12-8-13(17)9-14-15(12)21-16(19-14)20-7-6-18-10-11(20)2/h8-9,11,18H,3-7,10H2,1-2H3/t11-/m0/s1. The topological polar surface area (TPSA) is 41.3 Å². The van der Waals surface area contributed by atoms with E-state index in [4.69, 9.17) is 16.0 Å². The molecule has 0 spiro atoms. The summed E-state index contributed by atoms with van der Waals surface area (Å²) in [5, 5.41) is 4.12. The molecule has 2 heterocycles. The summed E-state index contributed by atoms with van der Waals surface area (Å²) in [6.45, 7) is 7.22. The average Bonchev–Trinajstić information content (AvgIpc) is 2.88. The first-order valence-electron chi connectivity index (χ1n) is 7.75. The number of fused-ring (bicyclic) bond motifs is 1. The number of piperazine rings is 1. The second kappa shape index (κ2) is 6.24. The van der Waals surface area contributed by atoms with Crippen LogP contribution < -0.4 is 10.2 Å². The van der Waals surface area contributed by atoms with Gasteiger partial charge in [-0.05, 0) is 37.5 Å². The molecule has 114 valence electrons. The molecular weight excluding hydrogens is 286 g/mol. The lowest BCUT2D eigenvalue weighted by atomic mass is 10.1. The Balaban J connectivity index is 1.98. The first kappa shape index (κ1) is 14.7. The molecule has 3 rings (SSSR count). The Kier molecular flexibility index (Phi) is 4.36. The third-order valence-corrected chi connectivity index (χ3v) is 4.29. The maximum Gasteiger partial charge on any atom is 0.298 e. The molecule has 1 aliphatic rings. The van der Waals surface area contributed by atoms with Crippen molar-refractivity contribution in [3.63, 3.8) is 0 Å². The van der Waals surface area contributed by atoms with Crippen LogP contribution in [0.5, 0.6) is 0 Å². The zero-order valence-corrected chi connectivity index (χ0v) is 13.4. The van der Waals surface area contributed by atoms with Crippen LogP contribution in [0.4, 0.5) is 6.01 Å². The van der Waals surface area contributed by atoms with Gasteiger partial charge in [0.25, 0.3) is 6.01 Å². The van der Waals surface area contributed by atoms with Crippen molar-refractivity contribution in [3.8, 4) is 0 Å². The quantitative estimate of drug-likeness (QED) is 0.936. The zero-order valence-electron chi connectivity index (χ0n) is 12.7. The molecule has 4 nitrogen and oxygen atoms in total. The second-order valence-corrected chi connectivity index (χ2v) is 6.20. The molecule has 0 radical (unpaired) electrons. The summed E-state index contributed by atoms with van der Waals surface area (Å²) in [5.41, 5.74) is 2.93. The number of hydrogen-bond donors (Lipinski definition) is 1. The summed E-state index contributed by atoms with van der Waals surface area (Å²) in [6.07, 6.45) is 3.28. The number of unbranched alkanes of at least 4 members (excludes halogenated alkanes) is 1. The van der Waals surface area contributed by atoms with Gasteiger partial charge in [-0.3, -0.25) is 0 Å². The number of nitrogens with one attached hydrogen (secondary N) is 1. The summed E-state index contributed by atoms with van der Waals surface area (Å²) in [7, 11) is 0. The zero-order chi connectivity index (χ0) is 14.8. The Hall–Kier alpha value is -1.26. The smallest absolute Gasteiger partial charge is 0.298 e. The fourth-order valence-corrected chi connectivity index (χ4v) is 3.09. The van der Waals surface area contributed by atoms with Crippen LogP contribution in [0, 0.1) is 0 Å². The number of oxazole rings is 1. The maximum atomic E-state index is 6.22. The third kappa shape index (κ3) is 3.01. The van der Waals surface area contributed by atoms with E-state index in [1.54, 1.807) is 0 Å². The molecule has 1 aromatic heterocycles. The number of nitrogens with zero attached hydrogens (tertiary/aromatic N) is 2. The van der Waals surface area contributed by atoms with Crippen molar-refractivity contribution in [3.05, 3.63) is 22.7 Å². The number of rotatable bonds is 4. The van der Waals surface area contributed by atoms with Crippen LogP contribution in [-0.2, 0) is 6.42 Å². The number of aromatic nitrogens is 1. The molecule has 1 aromatic carbocycles. The van der Waals surface area contributed by atoms with E-state index in [1.807, 2.05) is 12.1 Å². The van der Waals surface area contributed by atoms with Gasteiger partial charge in [0.05, 0.1) is 0 Å². The van der Waals surface area contributed by atoms with E-state index >= 15 is 0 Å². The van der Waals surface area contributed by atoms with Crippen molar-refractivity contribution in [2.24, 2.45) is 0 Å². The van der Waals surface area contributed by atoms with Crippen LogP contribution in [-0.4, -0.2) is 30.7 Å². The Morgan fingerprint density at radius 3 is 3.10 bits per heavy atom. The summed E-state index contributed by atoms with van der Waals surface area (Å²) in [5.74, 6) is 0. The minimum Gasteiger partial charge on any atom is -0.423 e. The highest BCUT2D eigenvalue weighted by Crippen LogP contribution is 2.30. The minimum atomic E-state index is 0.390. The summed E-state index contributed by atoms with van der Waals surface area (Å²) >= 11 is 6.22. The molecule has 2 aromatic rings. The Morgan fingerprint density at radius 1 is 1.48 bits per heavy atom. The van der Waals surface area contributed by atoms with Crippen molar-refractivity contribution in [1.29, 1.82) is 0 Å². The summed E-state index contributed by atoms with van der Waals surface area (Å²) < 4.78 is 6.09. The number of halogens is 1. The fraction of sp³-hybridized carbons (Fsp3) is 0.562. The summed E-state index contributed by atoms with van der Waals surface area (Å²) in [4.78, 5) is 6.89. The van der Waals surface area contributed by atoms with Gasteiger partial charge in [0.2, 0.25) is 0 Å². The lowest BCUT2D eigenvalue weighted by Crippen LogP contribution is -2.50. The third-order valence-electron chi connectivity index (χ3n) is 4.07. The molecule has 0 bridgehead atoms. The van der Waals surface area contributed by atoms with Crippen molar-refractivity contribution < 1.29 is 4.42 Å². The Morgan fingerprint density at radius 2 is 2.33 bits per heavy atom. The first-order chi connectivity index (χ1) is 10.2. The maximum absolute atomic E-state index is 6.22. The van der Waals surface area contributed by atoms with E-state index < -0.39 is 0 Å². The van der Waals surface area contributed by atoms with Crippen LogP contribution in [0.2, 0.25) is 5.02 Å². The molecule has 0 unspecified atom stereocenters. The van der Waals surface area contributed by atoms with Crippen molar-refractivity contribution >= 4 is 28.7 Å². The molecular formula is C16H22ClN3O. The van der Waals surface area contributed by atoms with Gasteiger partial charge < -0.3 is 14.6 Å². The monoisotopic (exact) mass is 307 g/mol. The van der Waals surface area contributed by atoms with E-state index in [2.05, 4.69) is 29.0 Å². The van der Waals surface area contributed by atoms with Gasteiger partial charge in [-0.1, -0.05) is 24.9 Å². The first-order valence-corrected chi connectivity index (χ1v) is 8.13. The van der Waals surface area contributed by atoms with Crippen LogP contribution in [0.1, 0.15) is 32.3 Å². The lowest BCUT2D eigenvalue weighted by Gasteiger charge is -2.32. The molecule has 0 amide bonds. The van der Waals surface area contributed by atoms with Crippen molar-refractivity contribution in [2.75, 3.05) is 24.5 Å². The normalized spacial score (nSPS) is 19.4. The minimum absolute atomic E-state index is 0.390. The van der Waals surface area contributed by atoms with Crippen LogP contribution >= 0.6 is 11.6 Å². The number of hydrogen-bond acceptors (Lipinski definition) is 4. The van der Waals surface area contributed by atoms with Crippen molar-refractivity contribution in [2.45, 2.75) is 39.2 Å². The molecule has 1 aliphatic heterocycles. The van der Waals surface area contributed by atoms with E-state index in [-0.39, 0.29) is 0 Å². The molecule has 21 heavy (non-hydrogen) atoms. The molecule has 1 saturated heterocycles. The molecule has 1 N–H and O–H groups in total. The van der Waals surface area contributed by atoms with Crippen LogP contribution in [0.25, 0.3) is 11.1 Å². The van der Waals surface area contributed by atoms with Gasteiger partial charge in [-0.25, -0.2) is 0 Å². The highest BCUT2D eigenvalue weighted by molar-refractivity contribution is 6.31. The van der Waals surface area contributed by atoms with Crippen molar-refractivity contribution in [1.82, 2.24) is 10.3 Å². The van der Waals surface area contributed by atoms with Gasteiger partial charge in [0, 0.05) is 30.7 Å². The number of aryl methyl sites for hydroxylation is 1. The van der Waals surface area contributed by atoms with E-state index in [1.165, 1.54) is 5.56 Å². The highest BCUT2D eigenvalue weighted by Gasteiger charge is 2.23. The van der Waals surface area contributed by atoms with E-state index in [9.17, 15) is 0 Å².